The minimum Gasteiger partial charge on any atom is -0.311 e. The van der Waals surface area contributed by atoms with Gasteiger partial charge in [0.15, 0.2) is 0 Å². The SMILES string of the molecule is Cc1cc(SC2CCN(c3cccc([N+](=O)[O-])c3)C2=O)nc2ccccc12. The van der Waals surface area contributed by atoms with Crippen LogP contribution in [0.25, 0.3) is 10.9 Å². The Balaban J connectivity index is 1.56. The number of nitro benzene ring substituents is 1. The number of anilines is 1. The summed E-state index contributed by atoms with van der Waals surface area (Å²) in [6.45, 7) is 2.59. The van der Waals surface area contributed by atoms with Crippen molar-refractivity contribution >= 4 is 39.9 Å². The lowest BCUT2D eigenvalue weighted by atomic mass is 10.1. The molecule has 1 aliphatic heterocycles. The zero-order chi connectivity index (χ0) is 19.0. The minimum absolute atomic E-state index is 0.0109. The van der Waals surface area contributed by atoms with E-state index in [2.05, 4.69) is 4.98 Å². The van der Waals surface area contributed by atoms with Crippen LogP contribution in [-0.4, -0.2) is 27.6 Å². The highest BCUT2D eigenvalue weighted by molar-refractivity contribution is 8.00. The van der Waals surface area contributed by atoms with Crippen LogP contribution in [0.15, 0.2) is 59.6 Å². The van der Waals surface area contributed by atoms with Crippen molar-refractivity contribution < 1.29 is 9.72 Å². The van der Waals surface area contributed by atoms with E-state index >= 15 is 0 Å². The summed E-state index contributed by atoms with van der Waals surface area (Å²) in [5.41, 5.74) is 2.60. The molecule has 136 valence electrons. The number of fused-ring (bicyclic) bond motifs is 1. The van der Waals surface area contributed by atoms with E-state index in [1.165, 1.54) is 23.9 Å². The standard InChI is InChI=1S/C20H17N3O3S/c1-13-11-19(21-17-8-3-2-7-16(13)17)27-18-9-10-22(20(18)24)14-5-4-6-15(12-14)23(25)26/h2-8,11-12,18H,9-10H2,1H3. The Hall–Kier alpha value is -2.93. The zero-order valence-electron chi connectivity index (χ0n) is 14.7. The quantitative estimate of drug-likeness (QED) is 0.498. The van der Waals surface area contributed by atoms with Crippen LogP contribution in [-0.2, 0) is 4.79 Å². The smallest absolute Gasteiger partial charge is 0.271 e. The molecule has 0 bridgehead atoms. The fourth-order valence-electron chi connectivity index (χ4n) is 3.32. The number of nitro groups is 1. The Labute approximate surface area is 160 Å². The molecule has 1 fully saturated rings. The molecule has 3 aromatic rings. The molecule has 1 unspecified atom stereocenters. The number of nitrogens with zero attached hydrogens (tertiary/aromatic N) is 3. The Bertz CT molecular complexity index is 1050. The molecule has 2 aromatic carbocycles. The van der Waals surface area contributed by atoms with E-state index in [9.17, 15) is 14.9 Å². The minimum atomic E-state index is -0.446. The van der Waals surface area contributed by atoms with Crippen LogP contribution in [0, 0.1) is 17.0 Å². The van der Waals surface area contributed by atoms with Crippen LogP contribution in [0.3, 0.4) is 0 Å². The lowest BCUT2D eigenvalue weighted by Crippen LogP contribution is -2.28. The number of carbonyl (C=O) groups is 1. The van der Waals surface area contributed by atoms with Gasteiger partial charge in [0.25, 0.3) is 5.69 Å². The van der Waals surface area contributed by atoms with Crippen LogP contribution in [0.4, 0.5) is 11.4 Å². The van der Waals surface area contributed by atoms with Crippen LogP contribution in [0.1, 0.15) is 12.0 Å². The predicted octanol–water partition coefficient (Wildman–Crippen LogP) is 4.35. The van der Waals surface area contributed by atoms with Gasteiger partial charge in [-0.05, 0) is 37.1 Å². The van der Waals surface area contributed by atoms with Crippen molar-refractivity contribution in [3.63, 3.8) is 0 Å². The number of para-hydroxylation sites is 1. The molecular formula is C20H17N3O3S. The highest BCUT2D eigenvalue weighted by Crippen LogP contribution is 2.34. The molecule has 1 aromatic heterocycles. The number of rotatable bonds is 4. The molecule has 4 rings (SSSR count). The Morgan fingerprint density at radius 3 is 2.81 bits per heavy atom. The number of aromatic nitrogens is 1. The van der Waals surface area contributed by atoms with Crippen molar-refractivity contribution in [2.45, 2.75) is 23.6 Å². The maximum Gasteiger partial charge on any atom is 0.271 e. The fraction of sp³-hybridized carbons (Fsp3) is 0.200. The zero-order valence-corrected chi connectivity index (χ0v) is 15.5. The van der Waals surface area contributed by atoms with Gasteiger partial charge < -0.3 is 4.90 Å². The number of hydrogen-bond acceptors (Lipinski definition) is 5. The number of benzene rings is 2. The molecule has 0 radical (unpaired) electrons. The van der Waals surface area contributed by atoms with E-state index < -0.39 is 4.92 Å². The second kappa shape index (κ2) is 7.00. The maximum absolute atomic E-state index is 12.8. The summed E-state index contributed by atoms with van der Waals surface area (Å²) >= 11 is 1.46. The van der Waals surface area contributed by atoms with Gasteiger partial charge in [-0.25, -0.2) is 4.98 Å². The van der Waals surface area contributed by atoms with Gasteiger partial charge in [0, 0.05) is 24.1 Å². The van der Waals surface area contributed by atoms with Gasteiger partial charge in [0.1, 0.15) is 0 Å². The summed E-state index contributed by atoms with van der Waals surface area (Å²) < 4.78 is 0. The van der Waals surface area contributed by atoms with Crippen molar-refractivity contribution in [1.29, 1.82) is 0 Å². The van der Waals surface area contributed by atoms with Gasteiger partial charge in [-0.3, -0.25) is 14.9 Å². The summed E-state index contributed by atoms with van der Waals surface area (Å²) in [6, 6.07) is 16.2. The van der Waals surface area contributed by atoms with E-state index in [0.29, 0.717) is 18.7 Å². The second-order valence-electron chi connectivity index (χ2n) is 6.46. The van der Waals surface area contributed by atoms with Crippen molar-refractivity contribution in [1.82, 2.24) is 4.98 Å². The van der Waals surface area contributed by atoms with E-state index in [0.717, 1.165) is 21.5 Å². The number of non-ortho nitro benzene ring substituents is 1. The third-order valence-electron chi connectivity index (χ3n) is 4.67. The lowest BCUT2D eigenvalue weighted by Gasteiger charge is -2.16. The van der Waals surface area contributed by atoms with Gasteiger partial charge in [0.2, 0.25) is 5.91 Å². The summed E-state index contributed by atoms with van der Waals surface area (Å²) in [5, 5.41) is 12.7. The molecule has 1 amide bonds. The normalized spacial score (nSPS) is 16.9. The van der Waals surface area contributed by atoms with Crippen LogP contribution in [0.2, 0.25) is 0 Å². The van der Waals surface area contributed by atoms with Crippen molar-refractivity contribution in [3.8, 4) is 0 Å². The summed E-state index contributed by atoms with van der Waals surface area (Å²) in [7, 11) is 0. The summed E-state index contributed by atoms with van der Waals surface area (Å²) in [5.74, 6) is -0.0342. The number of pyridine rings is 1. The monoisotopic (exact) mass is 379 g/mol. The Morgan fingerprint density at radius 2 is 2.00 bits per heavy atom. The average molecular weight is 379 g/mol. The molecular weight excluding hydrogens is 362 g/mol. The topological polar surface area (TPSA) is 76.3 Å². The van der Waals surface area contributed by atoms with Crippen molar-refractivity contribution in [2.75, 3.05) is 11.4 Å². The average Bonchev–Trinajstić information content (AvgIpc) is 3.02. The fourth-order valence-corrected chi connectivity index (χ4v) is 4.46. The molecule has 1 saturated heterocycles. The third kappa shape index (κ3) is 3.38. The summed E-state index contributed by atoms with van der Waals surface area (Å²) in [6.07, 6.45) is 0.680. The first-order valence-electron chi connectivity index (χ1n) is 8.62. The van der Waals surface area contributed by atoms with Gasteiger partial charge in [0.05, 0.1) is 26.4 Å². The Kier molecular flexibility index (Phi) is 4.53. The maximum atomic E-state index is 12.8. The predicted molar refractivity (Wildman–Crippen MR) is 106 cm³/mol. The van der Waals surface area contributed by atoms with Crippen molar-refractivity contribution in [3.05, 3.63) is 70.3 Å². The highest BCUT2D eigenvalue weighted by atomic mass is 32.2. The molecule has 27 heavy (non-hydrogen) atoms. The molecule has 7 heteroatoms. The number of hydrogen-bond donors (Lipinski definition) is 0. The van der Waals surface area contributed by atoms with Gasteiger partial charge >= 0.3 is 0 Å². The van der Waals surface area contributed by atoms with Gasteiger partial charge in [-0.1, -0.05) is 36.0 Å². The second-order valence-corrected chi connectivity index (χ2v) is 7.68. The van der Waals surface area contributed by atoms with Gasteiger partial charge in [-0.15, -0.1) is 0 Å². The van der Waals surface area contributed by atoms with Crippen LogP contribution in [0.5, 0.6) is 0 Å². The number of thioether (sulfide) groups is 1. The first-order valence-corrected chi connectivity index (χ1v) is 9.50. The van der Waals surface area contributed by atoms with Crippen molar-refractivity contribution in [2.24, 2.45) is 0 Å². The van der Waals surface area contributed by atoms with E-state index in [-0.39, 0.29) is 16.8 Å². The lowest BCUT2D eigenvalue weighted by molar-refractivity contribution is -0.384. The molecule has 0 spiro atoms. The summed E-state index contributed by atoms with van der Waals surface area (Å²) in [4.78, 5) is 29.7. The number of amides is 1. The first kappa shape index (κ1) is 17.5. The molecule has 0 aliphatic carbocycles. The highest BCUT2D eigenvalue weighted by Gasteiger charge is 2.34. The molecule has 6 nitrogen and oxygen atoms in total. The van der Waals surface area contributed by atoms with Crippen LogP contribution >= 0.6 is 11.8 Å². The van der Waals surface area contributed by atoms with Crippen LogP contribution < -0.4 is 4.90 Å². The largest absolute Gasteiger partial charge is 0.311 e. The Morgan fingerprint density at radius 1 is 1.19 bits per heavy atom. The molecule has 1 atom stereocenters. The molecule has 0 N–H and O–H groups in total. The van der Waals surface area contributed by atoms with E-state index in [1.54, 1.807) is 17.0 Å². The third-order valence-corrected chi connectivity index (χ3v) is 5.84. The first-order chi connectivity index (χ1) is 13.0. The van der Waals surface area contributed by atoms with E-state index in [1.807, 2.05) is 37.3 Å². The number of aryl methyl sites for hydroxylation is 1. The molecule has 0 saturated carbocycles. The molecule has 1 aliphatic rings. The number of carbonyl (C=O) groups excluding carboxylic acids is 1. The van der Waals surface area contributed by atoms with E-state index in [4.69, 9.17) is 0 Å². The van der Waals surface area contributed by atoms with Gasteiger partial charge in [-0.2, -0.15) is 0 Å². The molecule has 2 heterocycles.